The standard InChI is InChI=1S/C13H19F3N2O3/c14-13(15,16)7-18-6-9(4-11(18)20)12(21)17-5-8-2-1-3-10(8)19/h8-10,19H,1-7H2,(H,17,21). The summed E-state index contributed by atoms with van der Waals surface area (Å²) in [5, 5.41) is 12.3. The predicted octanol–water partition coefficient (Wildman–Crippen LogP) is 0.674. The number of aliphatic hydroxyl groups excluding tert-OH is 1. The van der Waals surface area contributed by atoms with Crippen molar-refractivity contribution in [3.8, 4) is 0 Å². The maximum absolute atomic E-state index is 12.3. The number of carbonyl (C=O) groups is 2. The highest BCUT2D eigenvalue weighted by molar-refractivity contribution is 5.89. The monoisotopic (exact) mass is 308 g/mol. The average Bonchev–Trinajstić information content (AvgIpc) is 2.92. The van der Waals surface area contributed by atoms with Crippen molar-refractivity contribution < 1.29 is 27.9 Å². The first kappa shape index (κ1) is 16.1. The van der Waals surface area contributed by atoms with Crippen LogP contribution in [0.3, 0.4) is 0 Å². The minimum Gasteiger partial charge on any atom is -0.393 e. The highest BCUT2D eigenvalue weighted by Gasteiger charge is 2.40. The summed E-state index contributed by atoms with van der Waals surface area (Å²) in [6.07, 6.45) is -2.63. The number of nitrogens with one attached hydrogen (secondary N) is 1. The zero-order valence-corrected chi connectivity index (χ0v) is 11.5. The molecule has 21 heavy (non-hydrogen) atoms. The van der Waals surface area contributed by atoms with E-state index in [-0.39, 0.29) is 18.9 Å². The summed E-state index contributed by atoms with van der Waals surface area (Å²) < 4.78 is 36.8. The van der Waals surface area contributed by atoms with E-state index >= 15 is 0 Å². The molecule has 0 radical (unpaired) electrons. The Morgan fingerprint density at radius 1 is 1.38 bits per heavy atom. The lowest BCUT2D eigenvalue weighted by Gasteiger charge is -2.19. The van der Waals surface area contributed by atoms with Gasteiger partial charge in [0.05, 0.1) is 12.0 Å². The molecule has 2 fully saturated rings. The van der Waals surface area contributed by atoms with E-state index < -0.39 is 36.6 Å². The molecule has 5 nitrogen and oxygen atoms in total. The minimum absolute atomic E-state index is 0.00247. The van der Waals surface area contributed by atoms with Gasteiger partial charge < -0.3 is 15.3 Å². The molecule has 3 unspecified atom stereocenters. The third-order valence-corrected chi connectivity index (χ3v) is 4.11. The molecular weight excluding hydrogens is 289 g/mol. The lowest BCUT2D eigenvalue weighted by atomic mass is 10.0. The second kappa shape index (κ2) is 6.21. The van der Waals surface area contributed by atoms with Gasteiger partial charge in [0, 0.05) is 25.4 Å². The Hall–Kier alpha value is -1.31. The van der Waals surface area contributed by atoms with Gasteiger partial charge in [-0.3, -0.25) is 9.59 Å². The van der Waals surface area contributed by atoms with Crippen molar-refractivity contribution in [2.24, 2.45) is 11.8 Å². The van der Waals surface area contributed by atoms with Crippen molar-refractivity contribution in [3.05, 3.63) is 0 Å². The van der Waals surface area contributed by atoms with Crippen molar-refractivity contribution in [2.45, 2.75) is 38.0 Å². The van der Waals surface area contributed by atoms with E-state index in [1.807, 2.05) is 0 Å². The van der Waals surface area contributed by atoms with Crippen molar-refractivity contribution in [1.29, 1.82) is 0 Å². The van der Waals surface area contributed by atoms with Gasteiger partial charge in [-0.2, -0.15) is 13.2 Å². The average molecular weight is 308 g/mol. The van der Waals surface area contributed by atoms with Gasteiger partial charge in [0.15, 0.2) is 0 Å². The summed E-state index contributed by atoms with van der Waals surface area (Å²) in [5.74, 6) is -1.80. The Labute approximate surface area is 120 Å². The van der Waals surface area contributed by atoms with Crippen molar-refractivity contribution in [2.75, 3.05) is 19.6 Å². The quantitative estimate of drug-likeness (QED) is 0.802. The van der Waals surface area contributed by atoms with Crippen molar-refractivity contribution in [1.82, 2.24) is 10.2 Å². The third kappa shape index (κ3) is 4.33. The number of carbonyl (C=O) groups excluding carboxylic acids is 2. The number of rotatable bonds is 4. The van der Waals surface area contributed by atoms with Crippen LogP contribution in [0.25, 0.3) is 0 Å². The molecule has 120 valence electrons. The number of halogens is 3. The van der Waals surface area contributed by atoms with Gasteiger partial charge in [0.25, 0.3) is 0 Å². The first-order valence-electron chi connectivity index (χ1n) is 7.06. The van der Waals surface area contributed by atoms with E-state index in [0.717, 1.165) is 12.8 Å². The van der Waals surface area contributed by atoms with Gasteiger partial charge >= 0.3 is 6.18 Å². The molecule has 0 aromatic carbocycles. The van der Waals surface area contributed by atoms with Gasteiger partial charge in [0.2, 0.25) is 11.8 Å². The molecule has 0 spiro atoms. The van der Waals surface area contributed by atoms with Gasteiger partial charge in [-0.05, 0) is 12.8 Å². The topological polar surface area (TPSA) is 69.6 Å². The van der Waals surface area contributed by atoms with Crippen LogP contribution >= 0.6 is 0 Å². The number of hydrogen-bond acceptors (Lipinski definition) is 3. The third-order valence-electron chi connectivity index (χ3n) is 4.11. The molecule has 2 amide bonds. The van der Waals surface area contributed by atoms with E-state index in [4.69, 9.17) is 0 Å². The van der Waals surface area contributed by atoms with Gasteiger partial charge in [0.1, 0.15) is 6.54 Å². The van der Waals surface area contributed by atoms with E-state index in [2.05, 4.69) is 5.32 Å². The maximum atomic E-state index is 12.3. The highest BCUT2D eigenvalue weighted by atomic mass is 19.4. The molecule has 2 aliphatic rings. The van der Waals surface area contributed by atoms with Crippen LogP contribution in [0, 0.1) is 11.8 Å². The molecule has 1 saturated carbocycles. The van der Waals surface area contributed by atoms with E-state index in [9.17, 15) is 27.9 Å². The lowest BCUT2D eigenvalue weighted by Crippen LogP contribution is -2.39. The first-order chi connectivity index (χ1) is 9.76. The second-order valence-electron chi connectivity index (χ2n) is 5.79. The number of likely N-dealkylation sites (tertiary alicyclic amines) is 1. The van der Waals surface area contributed by atoms with Gasteiger partial charge in [-0.15, -0.1) is 0 Å². The fraction of sp³-hybridized carbons (Fsp3) is 0.846. The van der Waals surface area contributed by atoms with Crippen LogP contribution in [0.15, 0.2) is 0 Å². The molecule has 0 aromatic heterocycles. The normalized spacial score (nSPS) is 30.0. The Kier molecular flexibility index (Phi) is 4.75. The molecule has 0 bridgehead atoms. The molecule has 0 aromatic rings. The summed E-state index contributed by atoms with van der Waals surface area (Å²) in [4.78, 5) is 24.1. The van der Waals surface area contributed by atoms with Crippen LogP contribution in [0.4, 0.5) is 13.2 Å². The smallest absolute Gasteiger partial charge is 0.393 e. The molecule has 1 aliphatic heterocycles. The fourth-order valence-electron chi connectivity index (χ4n) is 2.95. The Bertz CT molecular complexity index is 414. The van der Waals surface area contributed by atoms with Crippen LogP contribution in [0.2, 0.25) is 0 Å². The first-order valence-corrected chi connectivity index (χ1v) is 7.06. The van der Waals surface area contributed by atoms with Crippen LogP contribution in [0.5, 0.6) is 0 Å². The lowest BCUT2D eigenvalue weighted by molar-refractivity contribution is -0.157. The Morgan fingerprint density at radius 2 is 2.10 bits per heavy atom. The molecule has 1 saturated heterocycles. The van der Waals surface area contributed by atoms with Gasteiger partial charge in [-0.25, -0.2) is 0 Å². The zero-order valence-electron chi connectivity index (χ0n) is 11.5. The van der Waals surface area contributed by atoms with Crippen LogP contribution in [-0.2, 0) is 9.59 Å². The number of alkyl halides is 3. The summed E-state index contributed by atoms with van der Waals surface area (Å²) in [5.41, 5.74) is 0. The number of nitrogens with zero attached hydrogens (tertiary/aromatic N) is 1. The summed E-state index contributed by atoms with van der Waals surface area (Å²) in [6.45, 7) is -1.20. The molecule has 2 rings (SSSR count). The largest absolute Gasteiger partial charge is 0.406 e. The Morgan fingerprint density at radius 3 is 2.67 bits per heavy atom. The molecular formula is C13H19F3N2O3. The molecule has 8 heteroatoms. The maximum Gasteiger partial charge on any atom is 0.406 e. The number of amides is 2. The van der Waals surface area contributed by atoms with E-state index in [1.54, 1.807) is 0 Å². The molecule has 3 atom stereocenters. The predicted molar refractivity (Wildman–Crippen MR) is 67.1 cm³/mol. The molecule has 1 aliphatic carbocycles. The molecule has 2 N–H and O–H groups in total. The van der Waals surface area contributed by atoms with E-state index in [1.165, 1.54) is 0 Å². The number of hydrogen-bond donors (Lipinski definition) is 2. The summed E-state index contributed by atoms with van der Waals surface area (Å²) in [7, 11) is 0. The minimum atomic E-state index is -4.45. The van der Waals surface area contributed by atoms with Crippen LogP contribution in [0.1, 0.15) is 25.7 Å². The summed E-state index contributed by atoms with van der Waals surface area (Å²) in [6, 6.07) is 0. The highest BCUT2D eigenvalue weighted by Crippen LogP contribution is 2.26. The molecule has 1 heterocycles. The van der Waals surface area contributed by atoms with Gasteiger partial charge in [-0.1, -0.05) is 6.42 Å². The van der Waals surface area contributed by atoms with Crippen molar-refractivity contribution >= 4 is 11.8 Å². The van der Waals surface area contributed by atoms with Crippen LogP contribution in [-0.4, -0.2) is 53.7 Å². The van der Waals surface area contributed by atoms with Crippen molar-refractivity contribution in [3.63, 3.8) is 0 Å². The zero-order chi connectivity index (χ0) is 15.6. The fourth-order valence-corrected chi connectivity index (χ4v) is 2.95. The SMILES string of the molecule is O=C(NCC1CCCC1O)C1CC(=O)N(CC(F)(F)F)C1. The second-order valence-corrected chi connectivity index (χ2v) is 5.79. The van der Waals surface area contributed by atoms with E-state index in [0.29, 0.717) is 17.9 Å². The van der Waals surface area contributed by atoms with Crippen LogP contribution < -0.4 is 5.32 Å². The number of aliphatic hydroxyl groups is 1. The Balaban J connectivity index is 1.80. The summed E-state index contributed by atoms with van der Waals surface area (Å²) >= 11 is 0.